The van der Waals surface area contributed by atoms with Crippen LogP contribution in [0.15, 0.2) is 0 Å². The summed E-state index contributed by atoms with van der Waals surface area (Å²) in [5.41, 5.74) is 0. The lowest BCUT2D eigenvalue weighted by molar-refractivity contribution is -0.0237. The fraction of sp³-hybridized carbons (Fsp3) is 1.00. The molecule has 1 N–H and O–H groups in total. The largest absolute Gasteiger partial charge is 0.314 e. The van der Waals surface area contributed by atoms with Crippen LogP contribution in [0.3, 0.4) is 0 Å². The van der Waals surface area contributed by atoms with Gasteiger partial charge in [-0.15, -0.1) is 0 Å². The average molecular weight is 198 g/mol. The van der Waals surface area contributed by atoms with Gasteiger partial charge in [-0.1, -0.05) is 0 Å². The summed E-state index contributed by atoms with van der Waals surface area (Å²) in [4.78, 5) is 1.44. The standard InChI is InChI=1S/C8H17F3N2/c1-12-6-8(10,11)7-13(2)5-3-4-9/h12H,3-7H2,1-2H3. The topological polar surface area (TPSA) is 15.3 Å². The third kappa shape index (κ3) is 6.83. The highest BCUT2D eigenvalue weighted by atomic mass is 19.3. The van der Waals surface area contributed by atoms with E-state index in [-0.39, 0.29) is 13.1 Å². The number of nitrogens with one attached hydrogen (secondary N) is 1. The van der Waals surface area contributed by atoms with Crippen molar-refractivity contribution in [1.29, 1.82) is 0 Å². The molecule has 0 aliphatic carbocycles. The minimum atomic E-state index is -2.74. The maximum absolute atomic E-state index is 12.9. The second kappa shape index (κ2) is 6.21. The Morgan fingerprint density at radius 1 is 1.38 bits per heavy atom. The van der Waals surface area contributed by atoms with Crippen LogP contribution in [0, 0.1) is 0 Å². The fourth-order valence-electron chi connectivity index (χ4n) is 1.12. The summed E-state index contributed by atoms with van der Waals surface area (Å²) in [7, 11) is 3.05. The van der Waals surface area contributed by atoms with Gasteiger partial charge in [-0.05, 0) is 20.5 Å². The van der Waals surface area contributed by atoms with Gasteiger partial charge in [0.25, 0.3) is 5.92 Å². The van der Waals surface area contributed by atoms with E-state index in [0.717, 1.165) is 0 Å². The third-order valence-corrected chi connectivity index (χ3v) is 1.61. The van der Waals surface area contributed by atoms with Crippen molar-refractivity contribution in [3.8, 4) is 0 Å². The first kappa shape index (κ1) is 12.7. The molecule has 0 fully saturated rings. The van der Waals surface area contributed by atoms with Crippen molar-refractivity contribution >= 4 is 0 Å². The lowest BCUT2D eigenvalue weighted by Gasteiger charge is -2.23. The summed E-state index contributed by atoms with van der Waals surface area (Å²) in [5, 5.41) is 2.42. The molecule has 0 rings (SSSR count). The Morgan fingerprint density at radius 2 is 2.00 bits per heavy atom. The van der Waals surface area contributed by atoms with Crippen molar-refractivity contribution < 1.29 is 13.2 Å². The molecular formula is C8H17F3N2. The molecule has 0 aromatic heterocycles. The summed E-state index contributed by atoms with van der Waals surface area (Å²) in [6.45, 7) is -0.751. The highest BCUT2D eigenvalue weighted by molar-refractivity contribution is 4.72. The molecule has 0 bridgehead atoms. The highest BCUT2D eigenvalue weighted by Gasteiger charge is 2.29. The minimum Gasteiger partial charge on any atom is -0.314 e. The minimum absolute atomic E-state index is 0.312. The number of alkyl halides is 3. The second-order valence-corrected chi connectivity index (χ2v) is 3.17. The Morgan fingerprint density at radius 3 is 2.46 bits per heavy atom. The normalized spacial score (nSPS) is 12.5. The molecule has 0 aliphatic rings. The van der Waals surface area contributed by atoms with Crippen molar-refractivity contribution in [2.75, 3.05) is 40.4 Å². The zero-order valence-corrected chi connectivity index (χ0v) is 8.12. The molecule has 0 amide bonds. The van der Waals surface area contributed by atoms with Gasteiger partial charge < -0.3 is 10.2 Å². The number of hydrogen-bond donors (Lipinski definition) is 1. The summed E-state index contributed by atoms with van der Waals surface area (Å²) in [5.74, 6) is -2.74. The van der Waals surface area contributed by atoms with Crippen molar-refractivity contribution in [3.05, 3.63) is 0 Å². The molecule has 5 heteroatoms. The van der Waals surface area contributed by atoms with E-state index in [4.69, 9.17) is 0 Å². The average Bonchev–Trinajstić information content (AvgIpc) is 1.99. The van der Waals surface area contributed by atoms with Crippen LogP contribution in [0.1, 0.15) is 6.42 Å². The summed E-state index contributed by atoms with van der Waals surface area (Å²) < 4.78 is 37.5. The maximum atomic E-state index is 12.9. The summed E-state index contributed by atoms with van der Waals surface area (Å²) in [6, 6.07) is 0. The first-order chi connectivity index (χ1) is 6.02. The predicted octanol–water partition coefficient (Wildman–Crippen LogP) is 1.13. The van der Waals surface area contributed by atoms with Crippen molar-refractivity contribution in [2.24, 2.45) is 0 Å². The number of nitrogens with zero attached hydrogens (tertiary/aromatic N) is 1. The Hall–Kier alpha value is -0.290. The van der Waals surface area contributed by atoms with Gasteiger partial charge in [0.2, 0.25) is 0 Å². The van der Waals surface area contributed by atoms with E-state index in [1.807, 2.05) is 0 Å². The Kier molecular flexibility index (Phi) is 6.07. The van der Waals surface area contributed by atoms with Gasteiger partial charge in [0.15, 0.2) is 0 Å². The van der Waals surface area contributed by atoms with E-state index in [1.54, 1.807) is 7.05 Å². The van der Waals surface area contributed by atoms with Crippen LogP contribution in [0.4, 0.5) is 13.2 Å². The maximum Gasteiger partial charge on any atom is 0.272 e. The summed E-state index contributed by atoms with van der Waals surface area (Å²) >= 11 is 0. The molecule has 0 aromatic carbocycles. The smallest absolute Gasteiger partial charge is 0.272 e. The monoisotopic (exact) mass is 198 g/mol. The molecule has 2 nitrogen and oxygen atoms in total. The van der Waals surface area contributed by atoms with E-state index in [0.29, 0.717) is 13.0 Å². The molecule has 0 heterocycles. The molecule has 0 saturated carbocycles. The quantitative estimate of drug-likeness (QED) is 0.659. The van der Waals surface area contributed by atoms with Crippen LogP contribution in [0.25, 0.3) is 0 Å². The Labute approximate surface area is 77.1 Å². The highest BCUT2D eigenvalue weighted by Crippen LogP contribution is 2.13. The number of rotatable bonds is 7. The van der Waals surface area contributed by atoms with Crippen LogP contribution in [0.2, 0.25) is 0 Å². The molecule has 0 aromatic rings. The van der Waals surface area contributed by atoms with Gasteiger partial charge in [0.1, 0.15) is 0 Å². The van der Waals surface area contributed by atoms with Gasteiger partial charge in [0.05, 0.1) is 19.8 Å². The second-order valence-electron chi connectivity index (χ2n) is 3.17. The summed E-state index contributed by atoms with van der Waals surface area (Å²) in [6.07, 6.45) is 0.312. The molecule has 80 valence electrons. The molecule has 0 unspecified atom stereocenters. The van der Waals surface area contributed by atoms with E-state index >= 15 is 0 Å². The van der Waals surface area contributed by atoms with E-state index < -0.39 is 12.6 Å². The SMILES string of the molecule is CNCC(F)(F)CN(C)CCCF. The lowest BCUT2D eigenvalue weighted by Crippen LogP contribution is -2.41. The first-order valence-corrected chi connectivity index (χ1v) is 4.29. The van der Waals surface area contributed by atoms with Crippen LogP contribution in [-0.4, -0.2) is 51.2 Å². The van der Waals surface area contributed by atoms with Crippen LogP contribution >= 0.6 is 0 Å². The van der Waals surface area contributed by atoms with E-state index in [9.17, 15) is 13.2 Å². The van der Waals surface area contributed by atoms with E-state index in [1.165, 1.54) is 11.9 Å². The van der Waals surface area contributed by atoms with Gasteiger partial charge in [-0.2, -0.15) is 0 Å². The van der Waals surface area contributed by atoms with Crippen molar-refractivity contribution in [1.82, 2.24) is 10.2 Å². The predicted molar refractivity (Wildman–Crippen MR) is 47.0 cm³/mol. The van der Waals surface area contributed by atoms with Gasteiger partial charge in [-0.3, -0.25) is 4.39 Å². The molecule has 0 saturated heterocycles. The zero-order valence-electron chi connectivity index (χ0n) is 8.12. The Balaban J connectivity index is 3.68. The van der Waals surface area contributed by atoms with Gasteiger partial charge in [-0.25, -0.2) is 8.78 Å². The number of hydrogen-bond acceptors (Lipinski definition) is 2. The van der Waals surface area contributed by atoms with Crippen LogP contribution in [0.5, 0.6) is 0 Å². The molecule has 0 aliphatic heterocycles. The van der Waals surface area contributed by atoms with Crippen LogP contribution in [-0.2, 0) is 0 Å². The number of halogens is 3. The molecule has 0 radical (unpaired) electrons. The molecular weight excluding hydrogens is 181 g/mol. The lowest BCUT2D eigenvalue weighted by atomic mass is 10.3. The zero-order chi connectivity index (χ0) is 10.3. The Bertz CT molecular complexity index is 131. The van der Waals surface area contributed by atoms with Crippen LogP contribution < -0.4 is 5.32 Å². The van der Waals surface area contributed by atoms with E-state index in [2.05, 4.69) is 5.32 Å². The third-order valence-electron chi connectivity index (χ3n) is 1.61. The van der Waals surface area contributed by atoms with Crippen molar-refractivity contribution in [2.45, 2.75) is 12.3 Å². The van der Waals surface area contributed by atoms with Gasteiger partial charge >= 0.3 is 0 Å². The van der Waals surface area contributed by atoms with Crippen molar-refractivity contribution in [3.63, 3.8) is 0 Å². The fourth-order valence-corrected chi connectivity index (χ4v) is 1.12. The van der Waals surface area contributed by atoms with Gasteiger partial charge in [0, 0.05) is 6.54 Å². The molecule has 0 spiro atoms. The molecule has 0 atom stereocenters. The first-order valence-electron chi connectivity index (χ1n) is 4.29. The molecule has 13 heavy (non-hydrogen) atoms.